The number of anilines is 1. The van der Waals surface area contributed by atoms with Gasteiger partial charge in [-0.1, -0.05) is 30.3 Å². The summed E-state index contributed by atoms with van der Waals surface area (Å²) >= 11 is 0. The lowest BCUT2D eigenvalue weighted by Crippen LogP contribution is -2.43. The normalized spacial score (nSPS) is 14.2. The van der Waals surface area contributed by atoms with Gasteiger partial charge >= 0.3 is 0 Å². The molecule has 0 fully saturated rings. The summed E-state index contributed by atoms with van der Waals surface area (Å²) in [6.45, 7) is 1.49. The topological polar surface area (TPSA) is 75.3 Å². The molecule has 0 aliphatic carbocycles. The van der Waals surface area contributed by atoms with Crippen LogP contribution in [0.25, 0.3) is 10.8 Å². The first-order valence-corrected chi connectivity index (χ1v) is 5.81. The fraction of sp³-hybridized carbons (Fsp3) is 0.214. The Bertz CT molecular complexity index is 566. The molecular formula is C14H16N2O2. The Morgan fingerprint density at radius 3 is 2.56 bits per heavy atom. The molecule has 0 bridgehead atoms. The minimum Gasteiger partial charge on any atom is -0.391 e. The van der Waals surface area contributed by atoms with Crippen molar-refractivity contribution in [1.29, 1.82) is 0 Å². The molecule has 0 saturated carbocycles. The highest BCUT2D eigenvalue weighted by Crippen LogP contribution is 2.18. The summed E-state index contributed by atoms with van der Waals surface area (Å²) in [5.41, 5.74) is 6.23. The third kappa shape index (κ3) is 2.67. The van der Waals surface area contributed by atoms with E-state index in [9.17, 15) is 9.90 Å². The summed E-state index contributed by atoms with van der Waals surface area (Å²) in [6, 6.07) is 12.6. The number of carbonyl (C=O) groups excluding carboxylic acids is 1. The van der Waals surface area contributed by atoms with Crippen LogP contribution >= 0.6 is 0 Å². The number of fused-ring (bicyclic) bond motifs is 1. The summed E-state index contributed by atoms with van der Waals surface area (Å²) in [5, 5.41) is 14.1. The van der Waals surface area contributed by atoms with Crippen LogP contribution in [0.4, 0.5) is 5.69 Å². The molecule has 2 aromatic carbocycles. The number of rotatable bonds is 3. The number of aliphatic hydroxyl groups excluding tert-OH is 1. The minimum absolute atomic E-state index is 0.389. The second-order valence-electron chi connectivity index (χ2n) is 4.32. The Balaban J connectivity index is 2.19. The quantitative estimate of drug-likeness (QED) is 0.765. The van der Waals surface area contributed by atoms with E-state index >= 15 is 0 Å². The van der Waals surface area contributed by atoms with Gasteiger partial charge in [-0.2, -0.15) is 0 Å². The largest absolute Gasteiger partial charge is 0.391 e. The summed E-state index contributed by atoms with van der Waals surface area (Å²) in [4.78, 5) is 11.7. The predicted octanol–water partition coefficient (Wildman–Crippen LogP) is 1.49. The van der Waals surface area contributed by atoms with E-state index in [1.165, 1.54) is 6.92 Å². The Kier molecular flexibility index (Phi) is 3.60. The van der Waals surface area contributed by atoms with Crippen molar-refractivity contribution in [3.05, 3.63) is 42.5 Å². The molecule has 0 aliphatic heterocycles. The number of amides is 1. The van der Waals surface area contributed by atoms with Crippen molar-refractivity contribution in [2.75, 3.05) is 5.32 Å². The van der Waals surface area contributed by atoms with Gasteiger partial charge in [0.25, 0.3) is 0 Å². The molecule has 94 valence electrons. The van der Waals surface area contributed by atoms with Crippen molar-refractivity contribution in [1.82, 2.24) is 0 Å². The van der Waals surface area contributed by atoms with Gasteiger partial charge in [0.15, 0.2) is 0 Å². The first kappa shape index (κ1) is 12.5. The van der Waals surface area contributed by atoms with Gasteiger partial charge in [0.05, 0.1) is 6.10 Å². The summed E-state index contributed by atoms with van der Waals surface area (Å²) in [6.07, 6.45) is -0.870. The average Bonchev–Trinajstić information content (AvgIpc) is 2.37. The Labute approximate surface area is 105 Å². The maximum atomic E-state index is 11.7. The molecule has 4 nitrogen and oxygen atoms in total. The number of hydrogen-bond donors (Lipinski definition) is 3. The number of benzene rings is 2. The number of nitrogens with two attached hydrogens (primary N) is 1. The van der Waals surface area contributed by atoms with Crippen molar-refractivity contribution in [2.24, 2.45) is 5.73 Å². The van der Waals surface area contributed by atoms with Crippen molar-refractivity contribution >= 4 is 22.4 Å². The van der Waals surface area contributed by atoms with Crippen molar-refractivity contribution in [3.8, 4) is 0 Å². The summed E-state index contributed by atoms with van der Waals surface area (Å²) in [5.74, 6) is -0.389. The number of aliphatic hydroxyl groups is 1. The Morgan fingerprint density at radius 2 is 1.89 bits per heavy atom. The van der Waals surface area contributed by atoms with Crippen LogP contribution in [0.15, 0.2) is 42.5 Å². The lowest BCUT2D eigenvalue weighted by atomic mass is 10.1. The van der Waals surface area contributed by atoms with Crippen molar-refractivity contribution in [3.63, 3.8) is 0 Å². The van der Waals surface area contributed by atoms with Gasteiger partial charge in [0.2, 0.25) is 5.91 Å². The standard InChI is InChI=1S/C14H16N2O2/c1-9(17)13(15)14(18)16-12-7-6-10-4-2-3-5-11(10)8-12/h2-9,13,17H,15H2,1H3,(H,16,18)/t9-,13+/m0/s1. The average molecular weight is 244 g/mol. The number of hydrogen-bond acceptors (Lipinski definition) is 3. The maximum Gasteiger partial charge on any atom is 0.243 e. The van der Waals surface area contributed by atoms with Crippen LogP contribution in [0.2, 0.25) is 0 Å². The van der Waals surface area contributed by atoms with Crippen LogP contribution < -0.4 is 11.1 Å². The second-order valence-corrected chi connectivity index (χ2v) is 4.32. The van der Waals surface area contributed by atoms with Gasteiger partial charge in [-0.15, -0.1) is 0 Å². The van der Waals surface area contributed by atoms with Crippen LogP contribution in [0.1, 0.15) is 6.92 Å². The molecule has 1 amide bonds. The zero-order valence-electron chi connectivity index (χ0n) is 10.1. The van der Waals surface area contributed by atoms with Crippen LogP contribution in [0.3, 0.4) is 0 Å². The molecule has 0 aromatic heterocycles. The first-order valence-electron chi connectivity index (χ1n) is 5.81. The fourth-order valence-electron chi connectivity index (χ4n) is 1.71. The van der Waals surface area contributed by atoms with E-state index in [2.05, 4.69) is 5.32 Å². The van der Waals surface area contributed by atoms with E-state index in [0.717, 1.165) is 10.8 Å². The number of carbonyl (C=O) groups is 1. The lowest BCUT2D eigenvalue weighted by Gasteiger charge is -2.14. The van der Waals surface area contributed by atoms with Crippen LogP contribution in [-0.2, 0) is 4.79 Å². The highest BCUT2D eigenvalue weighted by Gasteiger charge is 2.18. The van der Waals surface area contributed by atoms with Gasteiger partial charge in [0, 0.05) is 5.69 Å². The maximum absolute atomic E-state index is 11.7. The Morgan fingerprint density at radius 1 is 1.22 bits per heavy atom. The van der Waals surface area contributed by atoms with Gasteiger partial charge in [-0.05, 0) is 29.8 Å². The second kappa shape index (κ2) is 5.16. The Hall–Kier alpha value is -1.91. The van der Waals surface area contributed by atoms with E-state index in [-0.39, 0.29) is 5.91 Å². The third-order valence-corrected chi connectivity index (χ3v) is 2.84. The molecule has 0 spiro atoms. The first-order chi connectivity index (χ1) is 8.58. The van der Waals surface area contributed by atoms with Crippen LogP contribution in [0.5, 0.6) is 0 Å². The van der Waals surface area contributed by atoms with Gasteiger partial charge in [-0.3, -0.25) is 4.79 Å². The van der Waals surface area contributed by atoms with Crippen LogP contribution in [-0.4, -0.2) is 23.2 Å². The summed E-state index contributed by atoms with van der Waals surface area (Å²) < 4.78 is 0. The highest BCUT2D eigenvalue weighted by molar-refractivity contribution is 5.97. The molecule has 2 rings (SSSR count). The van der Waals surface area contributed by atoms with Crippen molar-refractivity contribution in [2.45, 2.75) is 19.1 Å². The lowest BCUT2D eigenvalue weighted by molar-refractivity contribution is -0.119. The van der Waals surface area contributed by atoms with Gasteiger partial charge in [0.1, 0.15) is 6.04 Å². The smallest absolute Gasteiger partial charge is 0.243 e. The molecule has 2 aromatic rings. The van der Waals surface area contributed by atoms with Gasteiger partial charge < -0.3 is 16.2 Å². The van der Waals surface area contributed by atoms with Crippen LogP contribution in [0, 0.1) is 0 Å². The predicted molar refractivity (Wildman–Crippen MR) is 72.2 cm³/mol. The molecule has 18 heavy (non-hydrogen) atoms. The van der Waals surface area contributed by atoms with E-state index < -0.39 is 12.1 Å². The van der Waals surface area contributed by atoms with E-state index in [0.29, 0.717) is 5.69 Å². The molecule has 0 saturated heterocycles. The molecular weight excluding hydrogens is 228 g/mol. The molecule has 0 heterocycles. The van der Waals surface area contributed by atoms with E-state index in [4.69, 9.17) is 5.73 Å². The molecule has 4 heteroatoms. The number of nitrogens with one attached hydrogen (secondary N) is 1. The SMILES string of the molecule is C[C@H](O)[C@@H](N)C(=O)Nc1ccc2ccccc2c1. The molecule has 4 N–H and O–H groups in total. The van der Waals surface area contributed by atoms with E-state index in [1.54, 1.807) is 0 Å². The zero-order valence-corrected chi connectivity index (χ0v) is 10.1. The minimum atomic E-state index is -0.920. The van der Waals surface area contributed by atoms with Gasteiger partial charge in [-0.25, -0.2) is 0 Å². The summed E-state index contributed by atoms with van der Waals surface area (Å²) in [7, 11) is 0. The monoisotopic (exact) mass is 244 g/mol. The zero-order chi connectivity index (χ0) is 13.1. The fourth-order valence-corrected chi connectivity index (χ4v) is 1.71. The molecule has 2 atom stereocenters. The highest BCUT2D eigenvalue weighted by atomic mass is 16.3. The molecule has 0 radical (unpaired) electrons. The van der Waals surface area contributed by atoms with Crippen molar-refractivity contribution < 1.29 is 9.90 Å². The molecule has 0 unspecified atom stereocenters. The van der Waals surface area contributed by atoms with E-state index in [1.807, 2.05) is 42.5 Å². The molecule has 0 aliphatic rings. The third-order valence-electron chi connectivity index (χ3n) is 2.84.